The van der Waals surface area contributed by atoms with E-state index in [1.165, 1.54) is 0 Å². The lowest BCUT2D eigenvalue weighted by atomic mass is 10.5. The molecule has 0 spiro atoms. The summed E-state index contributed by atoms with van der Waals surface area (Å²) in [5, 5.41) is 1.20. The van der Waals surface area contributed by atoms with Crippen LogP contribution >= 0.6 is 45.8 Å². The van der Waals surface area contributed by atoms with E-state index in [2.05, 4.69) is 27.6 Å². The molecule has 1 rings (SSSR count). The first-order valence-corrected chi connectivity index (χ1v) is 4.00. The monoisotopic (exact) mass is 273 g/mol. The molecule has 0 saturated carbocycles. The van der Waals surface area contributed by atoms with Crippen LogP contribution in [0.25, 0.3) is 0 Å². The van der Waals surface area contributed by atoms with Crippen molar-refractivity contribution in [2.75, 3.05) is 0 Å². The molecule has 1 aromatic rings. The smallest absolute Gasteiger partial charge is 0.0737 e. The van der Waals surface area contributed by atoms with E-state index in [-0.39, 0.29) is 0 Å². The van der Waals surface area contributed by atoms with Gasteiger partial charge in [-0.05, 0) is 22.6 Å². The fourth-order valence-electron chi connectivity index (χ4n) is 0.396. The van der Waals surface area contributed by atoms with Crippen LogP contribution in [-0.2, 0) is 0 Å². The maximum absolute atomic E-state index is 5.66. The fourth-order valence-corrected chi connectivity index (χ4v) is 1.04. The second-order valence-electron chi connectivity index (χ2n) is 1.42. The Morgan fingerprint density at radius 2 is 1.67 bits per heavy atom. The second kappa shape index (κ2) is 3.03. The van der Waals surface area contributed by atoms with Crippen LogP contribution < -0.4 is 0 Å². The topological polar surface area (TPSA) is 12.9 Å². The summed E-state index contributed by atoms with van der Waals surface area (Å²) in [6.45, 7) is 0. The third-order valence-electron chi connectivity index (χ3n) is 0.795. The molecule has 0 fully saturated rings. The predicted octanol–water partition coefficient (Wildman–Crippen LogP) is 2.99. The van der Waals surface area contributed by atoms with Crippen LogP contribution in [0.4, 0.5) is 0 Å². The summed E-state index contributed by atoms with van der Waals surface area (Å²) in [5.41, 5.74) is 0. The van der Waals surface area contributed by atoms with E-state index in [9.17, 15) is 0 Å². The molecule has 0 saturated heterocycles. The lowest BCUT2D eigenvalue weighted by Gasteiger charge is -1.94. The molecule has 4 heteroatoms. The molecule has 1 nitrogen and oxygen atoms in total. The van der Waals surface area contributed by atoms with Crippen molar-refractivity contribution in [3.05, 3.63) is 26.0 Å². The number of hydrogen-bond donors (Lipinski definition) is 0. The molecule has 0 aliphatic rings. The minimum absolute atomic E-state index is 0.600. The minimum atomic E-state index is 0.600. The average molecular weight is 274 g/mol. The summed E-state index contributed by atoms with van der Waals surface area (Å²) in [4.78, 5) is 3.78. The highest BCUT2D eigenvalue weighted by Gasteiger charge is 1.99. The average Bonchev–Trinajstić information content (AvgIpc) is 1.83. The quantitative estimate of drug-likeness (QED) is 0.663. The van der Waals surface area contributed by atoms with Gasteiger partial charge in [0.05, 0.1) is 13.6 Å². The predicted molar refractivity (Wildman–Crippen MR) is 47.0 cm³/mol. The summed E-state index contributed by atoms with van der Waals surface area (Å²) in [6.07, 6.45) is 3.13. The number of nitrogens with zero attached hydrogens (tertiary/aromatic N) is 1. The Labute approximate surface area is 76.5 Å². The van der Waals surface area contributed by atoms with E-state index < -0.39 is 0 Å². The zero-order chi connectivity index (χ0) is 6.85. The van der Waals surface area contributed by atoms with Crippen molar-refractivity contribution in [1.82, 2.24) is 4.98 Å². The Balaban J connectivity index is 3.25. The Kier molecular flexibility index (Phi) is 2.55. The lowest BCUT2D eigenvalue weighted by molar-refractivity contribution is 1.32. The number of pyridine rings is 1. The van der Waals surface area contributed by atoms with E-state index in [4.69, 9.17) is 23.2 Å². The molecule has 0 aliphatic carbocycles. The van der Waals surface area contributed by atoms with Gasteiger partial charge in [-0.2, -0.15) is 0 Å². The van der Waals surface area contributed by atoms with Gasteiger partial charge in [-0.1, -0.05) is 23.2 Å². The number of hydrogen-bond acceptors (Lipinski definition) is 1. The molecule has 0 atom stereocenters. The van der Waals surface area contributed by atoms with Gasteiger partial charge >= 0.3 is 0 Å². The summed E-state index contributed by atoms with van der Waals surface area (Å²) in [7, 11) is 0. The van der Waals surface area contributed by atoms with E-state index >= 15 is 0 Å². The molecule has 1 aromatic heterocycles. The highest BCUT2D eigenvalue weighted by molar-refractivity contribution is 14.1. The van der Waals surface area contributed by atoms with E-state index in [0.29, 0.717) is 10.0 Å². The van der Waals surface area contributed by atoms with E-state index in [1.54, 1.807) is 12.4 Å². The molecule has 0 bridgehead atoms. The van der Waals surface area contributed by atoms with Gasteiger partial charge < -0.3 is 0 Å². The molecule has 0 radical (unpaired) electrons. The number of rotatable bonds is 0. The summed E-state index contributed by atoms with van der Waals surface area (Å²) in [6, 6.07) is 0. The molecule has 9 heavy (non-hydrogen) atoms. The van der Waals surface area contributed by atoms with Crippen molar-refractivity contribution < 1.29 is 0 Å². The standard InChI is InChI=1S/C5H2Cl2IN/c6-3-1-9-2-4(7)5(3)8/h1-2H. The van der Waals surface area contributed by atoms with Gasteiger partial charge in [0, 0.05) is 12.4 Å². The minimum Gasteiger partial charge on any atom is -0.262 e. The Morgan fingerprint density at radius 3 is 2.00 bits per heavy atom. The lowest BCUT2D eigenvalue weighted by Crippen LogP contribution is -1.77. The highest BCUT2D eigenvalue weighted by Crippen LogP contribution is 2.23. The molecule has 0 aliphatic heterocycles. The largest absolute Gasteiger partial charge is 0.262 e. The van der Waals surface area contributed by atoms with E-state index in [1.807, 2.05) is 0 Å². The zero-order valence-corrected chi connectivity index (χ0v) is 7.91. The molecular weight excluding hydrogens is 272 g/mol. The van der Waals surface area contributed by atoms with Crippen LogP contribution in [0.3, 0.4) is 0 Å². The van der Waals surface area contributed by atoms with Crippen molar-refractivity contribution >= 4 is 45.8 Å². The fraction of sp³-hybridized carbons (Fsp3) is 0. The van der Waals surface area contributed by atoms with Gasteiger partial charge in [0.15, 0.2) is 0 Å². The zero-order valence-electron chi connectivity index (χ0n) is 4.24. The van der Waals surface area contributed by atoms with Crippen molar-refractivity contribution in [1.29, 1.82) is 0 Å². The SMILES string of the molecule is Clc1cncc(Cl)c1I. The van der Waals surface area contributed by atoms with Crippen LogP contribution in [-0.4, -0.2) is 4.98 Å². The molecule has 48 valence electrons. The van der Waals surface area contributed by atoms with Crippen LogP contribution in [0.15, 0.2) is 12.4 Å². The molecular formula is C5H2Cl2IN. The third-order valence-corrected chi connectivity index (χ3v) is 3.17. The van der Waals surface area contributed by atoms with Gasteiger partial charge in [-0.3, -0.25) is 4.98 Å². The van der Waals surface area contributed by atoms with Crippen LogP contribution in [0.1, 0.15) is 0 Å². The van der Waals surface area contributed by atoms with Crippen molar-refractivity contribution in [2.45, 2.75) is 0 Å². The Hall–Kier alpha value is 0.460. The summed E-state index contributed by atoms with van der Waals surface area (Å²) >= 11 is 13.4. The third kappa shape index (κ3) is 1.69. The van der Waals surface area contributed by atoms with Crippen molar-refractivity contribution in [2.24, 2.45) is 0 Å². The summed E-state index contributed by atoms with van der Waals surface area (Å²) < 4.78 is 0.853. The van der Waals surface area contributed by atoms with Gasteiger partial charge in [0.2, 0.25) is 0 Å². The van der Waals surface area contributed by atoms with Crippen LogP contribution in [0.5, 0.6) is 0 Å². The maximum Gasteiger partial charge on any atom is 0.0737 e. The number of aromatic nitrogens is 1. The van der Waals surface area contributed by atoms with Crippen LogP contribution in [0.2, 0.25) is 10.0 Å². The van der Waals surface area contributed by atoms with Gasteiger partial charge in [-0.25, -0.2) is 0 Å². The number of halogens is 3. The maximum atomic E-state index is 5.66. The highest BCUT2D eigenvalue weighted by atomic mass is 127. The second-order valence-corrected chi connectivity index (χ2v) is 3.31. The molecule has 0 unspecified atom stereocenters. The molecule has 0 N–H and O–H groups in total. The van der Waals surface area contributed by atoms with Crippen molar-refractivity contribution in [3.8, 4) is 0 Å². The Bertz CT molecular complexity index is 206. The Morgan fingerprint density at radius 1 is 1.22 bits per heavy atom. The first-order valence-electron chi connectivity index (χ1n) is 2.16. The molecule has 1 heterocycles. The van der Waals surface area contributed by atoms with Gasteiger partial charge in [0.25, 0.3) is 0 Å². The molecule has 0 aromatic carbocycles. The normalized spacial score (nSPS) is 9.67. The first-order chi connectivity index (χ1) is 4.22. The van der Waals surface area contributed by atoms with E-state index in [0.717, 1.165) is 3.57 Å². The van der Waals surface area contributed by atoms with Crippen molar-refractivity contribution in [3.63, 3.8) is 0 Å². The summed E-state index contributed by atoms with van der Waals surface area (Å²) in [5.74, 6) is 0. The van der Waals surface area contributed by atoms with Gasteiger partial charge in [0.1, 0.15) is 0 Å². The molecule has 0 amide bonds. The van der Waals surface area contributed by atoms with Gasteiger partial charge in [-0.15, -0.1) is 0 Å². The van der Waals surface area contributed by atoms with Crippen LogP contribution in [0, 0.1) is 3.57 Å². The first kappa shape index (κ1) is 7.57.